The first-order chi connectivity index (χ1) is 16.4. The molecule has 0 saturated carbocycles. The molecule has 1 amide bonds. The Bertz CT molecular complexity index is 1390. The van der Waals surface area contributed by atoms with Crippen molar-refractivity contribution in [1.29, 1.82) is 0 Å². The summed E-state index contributed by atoms with van der Waals surface area (Å²) in [5, 5.41) is 26.0. The highest BCUT2D eigenvalue weighted by molar-refractivity contribution is 6.05. The van der Waals surface area contributed by atoms with E-state index in [0.717, 1.165) is 17.0 Å². The number of nitro groups is 1. The lowest BCUT2D eigenvalue weighted by Gasteiger charge is -2.14. The number of carboxylic acids is 1. The monoisotopic (exact) mass is 456 g/mol. The average Bonchev–Trinajstić information content (AvgIpc) is 3.28. The van der Waals surface area contributed by atoms with Gasteiger partial charge in [-0.05, 0) is 23.3 Å². The molecule has 4 rings (SSSR count). The van der Waals surface area contributed by atoms with Gasteiger partial charge in [-0.15, -0.1) is 0 Å². The number of non-ortho nitro benzene ring substituents is 1. The minimum absolute atomic E-state index is 0.0103. The molecule has 0 aliphatic rings. The number of aliphatic carboxylic acids is 1. The van der Waals surface area contributed by atoms with Crippen LogP contribution in [0.3, 0.4) is 0 Å². The summed E-state index contributed by atoms with van der Waals surface area (Å²) >= 11 is 0. The van der Waals surface area contributed by atoms with Crippen molar-refractivity contribution in [2.24, 2.45) is 5.10 Å². The molecule has 34 heavy (non-hydrogen) atoms. The third kappa shape index (κ3) is 4.83. The zero-order valence-electron chi connectivity index (χ0n) is 17.8. The topological polar surface area (TPSA) is 138 Å². The number of carbonyl (C=O) groups excluding carboxylic acids is 1. The maximum absolute atomic E-state index is 12.6. The number of benzene rings is 3. The molecule has 0 bridgehead atoms. The van der Waals surface area contributed by atoms with Gasteiger partial charge in [0.2, 0.25) is 0 Å². The molecule has 3 N–H and O–H groups in total. The number of hydrogen-bond donors (Lipinski definition) is 3. The van der Waals surface area contributed by atoms with Crippen LogP contribution in [0.1, 0.15) is 33.8 Å². The Morgan fingerprint density at radius 1 is 1.00 bits per heavy atom. The number of aromatic nitrogens is 1. The molecule has 170 valence electrons. The second-order valence-electron chi connectivity index (χ2n) is 7.56. The fraction of sp³-hybridized carbons (Fsp3) is 0.0800. The molecule has 9 heteroatoms. The number of hydrogen-bond acceptors (Lipinski definition) is 5. The highest BCUT2D eigenvalue weighted by Crippen LogP contribution is 2.29. The lowest BCUT2D eigenvalue weighted by atomic mass is 9.91. The number of para-hydroxylation sites is 1. The molecule has 0 spiro atoms. The quantitative estimate of drug-likeness (QED) is 0.204. The van der Waals surface area contributed by atoms with Crippen molar-refractivity contribution in [3.05, 3.63) is 112 Å². The Kier molecular flexibility index (Phi) is 6.45. The summed E-state index contributed by atoms with van der Waals surface area (Å²) in [7, 11) is 0. The lowest BCUT2D eigenvalue weighted by Crippen LogP contribution is -2.23. The van der Waals surface area contributed by atoms with Crippen LogP contribution in [-0.4, -0.2) is 32.6 Å². The predicted octanol–water partition coefficient (Wildman–Crippen LogP) is 4.47. The largest absolute Gasteiger partial charge is 0.481 e. The first kappa shape index (κ1) is 22.4. The van der Waals surface area contributed by atoms with Gasteiger partial charge in [0.05, 0.1) is 16.6 Å². The number of aromatic amines is 1. The molecular formula is C25H20N4O5. The molecule has 3 aromatic carbocycles. The van der Waals surface area contributed by atoms with Gasteiger partial charge in [-0.1, -0.05) is 54.6 Å². The molecule has 0 radical (unpaired) electrons. The van der Waals surface area contributed by atoms with E-state index in [9.17, 15) is 24.8 Å². The van der Waals surface area contributed by atoms with Crippen LogP contribution in [0.25, 0.3) is 10.9 Å². The van der Waals surface area contributed by atoms with Crippen LogP contribution >= 0.6 is 0 Å². The summed E-state index contributed by atoms with van der Waals surface area (Å²) in [6.07, 6.45) is 1.68. The number of H-pyrrole nitrogens is 1. The summed E-state index contributed by atoms with van der Waals surface area (Å²) in [5.74, 6) is -2.60. The SMILES string of the molecule is O=C(N/N=C(\C[C@@H](C(=O)O)c1c[nH]c2ccccc12)c1ccccc1)c1cccc([N+](=O)[O-])c1. The zero-order chi connectivity index (χ0) is 24.1. The van der Waals surface area contributed by atoms with E-state index < -0.39 is 22.7 Å². The van der Waals surface area contributed by atoms with Gasteiger partial charge in [0, 0.05) is 41.2 Å². The molecule has 0 aliphatic heterocycles. The van der Waals surface area contributed by atoms with Crippen LogP contribution in [0, 0.1) is 10.1 Å². The normalized spacial score (nSPS) is 12.3. The third-order valence-electron chi connectivity index (χ3n) is 5.41. The first-order valence-corrected chi connectivity index (χ1v) is 10.4. The van der Waals surface area contributed by atoms with Crippen molar-refractivity contribution in [3.8, 4) is 0 Å². The minimum Gasteiger partial charge on any atom is -0.481 e. The Morgan fingerprint density at radius 2 is 1.71 bits per heavy atom. The fourth-order valence-corrected chi connectivity index (χ4v) is 3.71. The number of amides is 1. The van der Waals surface area contributed by atoms with Crippen molar-refractivity contribution < 1.29 is 19.6 Å². The van der Waals surface area contributed by atoms with Crippen LogP contribution in [-0.2, 0) is 4.79 Å². The van der Waals surface area contributed by atoms with E-state index in [1.54, 1.807) is 30.5 Å². The molecular weight excluding hydrogens is 436 g/mol. The van der Waals surface area contributed by atoms with Gasteiger partial charge >= 0.3 is 5.97 Å². The van der Waals surface area contributed by atoms with Gasteiger partial charge in [-0.2, -0.15) is 5.10 Å². The smallest absolute Gasteiger partial charge is 0.311 e. The maximum Gasteiger partial charge on any atom is 0.311 e. The Morgan fingerprint density at radius 3 is 2.44 bits per heavy atom. The van der Waals surface area contributed by atoms with Crippen molar-refractivity contribution in [2.75, 3.05) is 0 Å². The Balaban J connectivity index is 1.66. The van der Waals surface area contributed by atoms with Crippen molar-refractivity contribution >= 4 is 34.2 Å². The molecule has 0 saturated heterocycles. The molecule has 0 fully saturated rings. The van der Waals surface area contributed by atoms with E-state index in [4.69, 9.17) is 0 Å². The van der Waals surface area contributed by atoms with Gasteiger partial charge in [-0.25, -0.2) is 5.43 Å². The van der Waals surface area contributed by atoms with Crippen LogP contribution in [0.15, 0.2) is 90.2 Å². The molecule has 1 heterocycles. The first-order valence-electron chi connectivity index (χ1n) is 10.4. The maximum atomic E-state index is 12.6. The number of fused-ring (bicyclic) bond motifs is 1. The Hall–Kier alpha value is -4.79. The van der Waals surface area contributed by atoms with Crippen LogP contribution in [0.2, 0.25) is 0 Å². The van der Waals surface area contributed by atoms with Crippen LogP contribution < -0.4 is 5.43 Å². The zero-order valence-corrected chi connectivity index (χ0v) is 17.8. The highest BCUT2D eigenvalue weighted by Gasteiger charge is 2.26. The second kappa shape index (κ2) is 9.78. The summed E-state index contributed by atoms with van der Waals surface area (Å²) in [6.45, 7) is 0. The molecule has 0 unspecified atom stereocenters. The number of nitrogens with one attached hydrogen (secondary N) is 2. The predicted molar refractivity (Wildman–Crippen MR) is 127 cm³/mol. The number of carbonyl (C=O) groups is 2. The Labute approximate surface area is 193 Å². The van der Waals surface area contributed by atoms with E-state index in [-0.39, 0.29) is 17.7 Å². The van der Waals surface area contributed by atoms with Gasteiger partial charge in [0.25, 0.3) is 11.6 Å². The number of hydrazone groups is 1. The van der Waals surface area contributed by atoms with Crippen molar-refractivity contribution in [1.82, 2.24) is 10.4 Å². The number of nitrogens with zero attached hydrogens (tertiary/aromatic N) is 2. The second-order valence-corrected chi connectivity index (χ2v) is 7.56. The fourth-order valence-electron chi connectivity index (χ4n) is 3.71. The highest BCUT2D eigenvalue weighted by atomic mass is 16.6. The van der Waals surface area contributed by atoms with Gasteiger partial charge in [-0.3, -0.25) is 19.7 Å². The van der Waals surface area contributed by atoms with Gasteiger partial charge in [0.15, 0.2) is 0 Å². The lowest BCUT2D eigenvalue weighted by molar-refractivity contribution is -0.384. The summed E-state index contributed by atoms with van der Waals surface area (Å²) in [5.41, 5.74) is 4.70. The van der Waals surface area contributed by atoms with E-state index >= 15 is 0 Å². The summed E-state index contributed by atoms with van der Waals surface area (Å²) < 4.78 is 0. The van der Waals surface area contributed by atoms with E-state index in [1.165, 1.54) is 18.2 Å². The number of nitro benzene ring substituents is 1. The average molecular weight is 456 g/mol. The van der Waals surface area contributed by atoms with Gasteiger partial charge in [0.1, 0.15) is 0 Å². The molecule has 1 atom stereocenters. The summed E-state index contributed by atoms with van der Waals surface area (Å²) in [4.78, 5) is 38.4. The summed E-state index contributed by atoms with van der Waals surface area (Å²) in [6, 6.07) is 21.6. The third-order valence-corrected chi connectivity index (χ3v) is 5.41. The standard InChI is InChI=1S/C25H20N4O5/c30-24(17-9-6-10-18(13-17)29(33)34)28-27-23(16-7-2-1-3-8-16)14-20(25(31)32)21-15-26-22-12-5-4-11-19(21)22/h1-13,15,20,26H,14H2,(H,28,30)(H,31,32)/b27-23+/t20-/m1/s1. The van der Waals surface area contributed by atoms with E-state index in [2.05, 4.69) is 15.5 Å². The molecule has 1 aromatic heterocycles. The van der Waals surface area contributed by atoms with E-state index in [0.29, 0.717) is 16.8 Å². The molecule has 9 nitrogen and oxygen atoms in total. The van der Waals surface area contributed by atoms with E-state index in [1.807, 2.05) is 30.3 Å². The van der Waals surface area contributed by atoms with Gasteiger partial charge < -0.3 is 10.1 Å². The molecule has 0 aliphatic carbocycles. The van der Waals surface area contributed by atoms with Crippen LogP contribution in [0.4, 0.5) is 5.69 Å². The van der Waals surface area contributed by atoms with Crippen molar-refractivity contribution in [3.63, 3.8) is 0 Å². The number of rotatable bonds is 8. The number of carboxylic acid groups (broad SMARTS) is 1. The van der Waals surface area contributed by atoms with Crippen molar-refractivity contribution in [2.45, 2.75) is 12.3 Å². The minimum atomic E-state index is -1.03. The molecule has 4 aromatic rings. The van der Waals surface area contributed by atoms with Crippen LogP contribution in [0.5, 0.6) is 0 Å².